The minimum Gasteiger partial charge on any atom is -0.380 e. The molecule has 0 atom stereocenters. The molecule has 1 aromatic carbocycles. The van der Waals surface area contributed by atoms with Crippen molar-refractivity contribution in [2.45, 2.75) is 25.3 Å². The number of anilines is 1. The van der Waals surface area contributed by atoms with Gasteiger partial charge in [0.2, 0.25) is 0 Å². The van der Waals surface area contributed by atoms with Gasteiger partial charge in [-0.25, -0.2) is 4.98 Å². The van der Waals surface area contributed by atoms with Gasteiger partial charge in [0.25, 0.3) is 0 Å². The quantitative estimate of drug-likeness (QED) is 0.900. The van der Waals surface area contributed by atoms with Crippen molar-refractivity contribution < 1.29 is 0 Å². The molecule has 0 amide bonds. The molecule has 0 radical (unpaired) electrons. The number of hydrogen-bond donors (Lipinski definition) is 2. The van der Waals surface area contributed by atoms with Gasteiger partial charge in [-0.05, 0) is 49.5 Å². The van der Waals surface area contributed by atoms with Gasteiger partial charge in [0.1, 0.15) is 0 Å². The highest BCUT2D eigenvalue weighted by Crippen LogP contribution is 2.27. The van der Waals surface area contributed by atoms with Crippen molar-refractivity contribution in [1.82, 2.24) is 10.3 Å². The summed E-state index contributed by atoms with van der Waals surface area (Å²) in [5, 5.41) is 6.86. The molecule has 3 rings (SSSR count). The highest BCUT2D eigenvalue weighted by Gasteiger charge is 2.15. The second kappa shape index (κ2) is 6.57. The number of nitrogens with one attached hydrogen (secondary N) is 2. The molecule has 3 nitrogen and oxygen atoms in total. The van der Waals surface area contributed by atoms with Crippen LogP contribution in [0.5, 0.6) is 0 Å². The molecule has 2 N–H and O–H groups in total. The molecule has 1 aliphatic rings. The molecule has 1 aliphatic heterocycles. The van der Waals surface area contributed by atoms with E-state index in [1.54, 1.807) is 0 Å². The van der Waals surface area contributed by atoms with Crippen molar-refractivity contribution in [3.8, 4) is 0 Å². The predicted octanol–water partition coefficient (Wildman–Crippen LogP) is 3.88. The van der Waals surface area contributed by atoms with Crippen LogP contribution >= 0.6 is 22.9 Å². The Hall–Kier alpha value is -1.10. The maximum absolute atomic E-state index is 5.84. The van der Waals surface area contributed by atoms with E-state index < -0.39 is 0 Å². The van der Waals surface area contributed by atoms with E-state index in [0.717, 1.165) is 24.5 Å². The summed E-state index contributed by atoms with van der Waals surface area (Å²) in [7, 11) is 0. The summed E-state index contributed by atoms with van der Waals surface area (Å²) >= 11 is 7.37. The molecule has 20 heavy (non-hydrogen) atoms. The van der Waals surface area contributed by atoms with Crippen LogP contribution in [0.2, 0.25) is 4.47 Å². The number of nitrogens with zero attached hydrogens (tertiary/aromatic N) is 1. The maximum Gasteiger partial charge on any atom is 0.183 e. The molecule has 0 unspecified atom stereocenters. The molecule has 2 aromatic rings. The molecular formula is C15H18ClN3S. The van der Waals surface area contributed by atoms with E-state index in [2.05, 4.69) is 39.9 Å². The summed E-state index contributed by atoms with van der Waals surface area (Å²) in [5.41, 5.74) is 2.62. The summed E-state index contributed by atoms with van der Waals surface area (Å²) in [6, 6.07) is 8.77. The first-order valence-electron chi connectivity index (χ1n) is 6.96. The third-order valence-electron chi connectivity index (χ3n) is 3.69. The zero-order chi connectivity index (χ0) is 13.8. The fourth-order valence-electron chi connectivity index (χ4n) is 2.61. The summed E-state index contributed by atoms with van der Waals surface area (Å²) < 4.78 is 0.602. The standard InChI is InChI=1S/C15H18ClN3S/c16-15-19-10-14(20-15)9-18-13-3-1-2-12(8-13)11-4-6-17-7-5-11/h1-3,8,10-11,17-18H,4-7,9H2. The van der Waals surface area contributed by atoms with Crippen molar-refractivity contribution in [2.75, 3.05) is 18.4 Å². The first kappa shape index (κ1) is 13.9. The van der Waals surface area contributed by atoms with Crippen LogP contribution in [0.15, 0.2) is 30.5 Å². The summed E-state index contributed by atoms with van der Waals surface area (Å²) in [6.07, 6.45) is 4.29. The van der Waals surface area contributed by atoms with E-state index in [9.17, 15) is 0 Å². The molecule has 1 aromatic heterocycles. The van der Waals surface area contributed by atoms with Gasteiger partial charge < -0.3 is 10.6 Å². The van der Waals surface area contributed by atoms with Gasteiger partial charge in [-0.3, -0.25) is 0 Å². The highest BCUT2D eigenvalue weighted by atomic mass is 35.5. The van der Waals surface area contributed by atoms with Crippen LogP contribution < -0.4 is 10.6 Å². The van der Waals surface area contributed by atoms with Crippen LogP contribution in [0.4, 0.5) is 5.69 Å². The van der Waals surface area contributed by atoms with Crippen molar-refractivity contribution in [2.24, 2.45) is 0 Å². The van der Waals surface area contributed by atoms with Gasteiger partial charge in [-0.15, -0.1) is 11.3 Å². The lowest BCUT2D eigenvalue weighted by Gasteiger charge is -2.23. The van der Waals surface area contributed by atoms with Crippen molar-refractivity contribution in [3.63, 3.8) is 0 Å². The first-order chi connectivity index (χ1) is 9.81. The average molecular weight is 308 g/mol. The van der Waals surface area contributed by atoms with E-state index >= 15 is 0 Å². The molecular weight excluding hydrogens is 290 g/mol. The van der Waals surface area contributed by atoms with Crippen molar-refractivity contribution >= 4 is 28.6 Å². The minimum absolute atomic E-state index is 0.602. The Morgan fingerprint density at radius 3 is 2.95 bits per heavy atom. The van der Waals surface area contributed by atoms with Gasteiger partial charge in [-0.2, -0.15) is 0 Å². The Kier molecular flexibility index (Phi) is 4.55. The number of thiazole rings is 1. The average Bonchev–Trinajstić information content (AvgIpc) is 2.92. The van der Waals surface area contributed by atoms with Gasteiger partial charge in [0, 0.05) is 16.8 Å². The molecule has 0 saturated carbocycles. The first-order valence-corrected chi connectivity index (χ1v) is 8.15. The van der Waals surface area contributed by atoms with Crippen molar-refractivity contribution in [3.05, 3.63) is 45.4 Å². The number of aromatic nitrogens is 1. The highest BCUT2D eigenvalue weighted by molar-refractivity contribution is 7.15. The second-order valence-corrected chi connectivity index (χ2v) is 6.78. The minimum atomic E-state index is 0.602. The topological polar surface area (TPSA) is 37.0 Å². The lowest BCUT2D eigenvalue weighted by atomic mass is 9.90. The van der Waals surface area contributed by atoms with Crippen LogP contribution in [-0.4, -0.2) is 18.1 Å². The largest absolute Gasteiger partial charge is 0.380 e. The third kappa shape index (κ3) is 3.51. The zero-order valence-corrected chi connectivity index (χ0v) is 12.8. The van der Waals surface area contributed by atoms with Gasteiger partial charge >= 0.3 is 0 Å². The van der Waals surface area contributed by atoms with E-state index in [1.165, 1.54) is 35.4 Å². The van der Waals surface area contributed by atoms with E-state index in [0.29, 0.717) is 10.4 Å². The van der Waals surface area contributed by atoms with Gasteiger partial charge in [-0.1, -0.05) is 23.7 Å². The van der Waals surface area contributed by atoms with Crippen LogP contribution in [0.25, 0.3) is 0 Å². The van der Waals surface area contributed by atoms with E-state index in [4.69, 9.17) is 11.6 Å². The molecule has 1 fully saturated rings. The molecule has 1 saturated heterocycles. The van der Waals surface area contributed by atoms with Crippen molar-refractivity contribution in [1.29, 1.82) is 0 Å². The summed E-state index contributed by atoms with van der Waals surface area (Å²) in [6.45, 7) is 3.03. The molecule has 2 heterocycles. The van der Waals surface area contributed by atoms with Gasteiger partial charge in [0.15, 0.2) is 4.47 Å². The SMILES string of the molecule is Clc1ncc(CNc2cccc(C3CCNCC3)c2)s1. The Balaban J connectivity index is 1.64. The number of hydrogen-bond acceptors (Lipinski definition) is 4. The predicted molar refractivity (Wildman–Crippen MR) is 85.7 cm³/mol. The van der Waals surface area contributed by atoms with Gasteiger partial charge in [0.05, 0.1) is 6.54 Å². The molecule has 0 spiro atoms. The fraction of sp³-hybridized carbons (Fsp3) is 0.400. The third-order valence-corrected chi connectivity index (χ3v) is 4.80. The summed E-state index contributed by atoms with van der Waals surface area (Å²) in [5.74, 6) is 0.691. The Labute approximate surface area is 128 Å². The smallest absolute Gasteiger partial charge is 0.183 e. The Morgan fingerprint density at radius 2 is 2.20 bits per heavy atom. The molecule has 106 valence electrons. The monoisotopic (exact) mass is 307 g/mol. The number of rotatable bonds is 4. The lowest BCUT2D eigenvalue weighted by Crippen LogP contribution is -2.26. The number of piperidine rings is 1. The maximum atomic E-state index is 5.84. The molecule has 0 bridgehead atoms. The Morgan fingerprint density at radius 1 is 1.35 bits per heavy atom. The number of halogens is 1. The molecule has 5 heteroatoms. The lowest BCUT2D eigenvalue weighted by molar-refractivity contribution is 0.460. The van der Waals surface area contributed by atoms with Crippen LogP contribution in [0, 0.1) is 0 Å². The van der Waals surface area contributed by atoms with Crippen LogP contribution in [0.1, 0.15) is 29.2 Å². The zero-order valence-electron chi connectivity index (χ0n) is 11.2. The second-order valence-electron chi connectivity index (χ2n) is 5.08. The summed E-state index contributed by atoms with van der Waals surface area (Å²) in [4.78, 5) is 5.21. The Bertz CT molecular complexity index is 564. The fourth-order valence-corrected chi connectivity index (χ4v) is 3.53. The van der Waals surface area contributed by atoms with Crippen LogP contribution in [0.3, 0.4) is 0 Å². The van der Waals surface area contributed by atoms with Crippen LogP contribution in [-0.2, 0) is 6.54 Å². The normalized spacial score (nSPS) is 16.2. The number of benzene rings is 1. The van der Waals surface area contributed by atoms with E-state index in [1.807, 2.05) is 6.20 Å². The van der Waals surface area contributed by atoms with E-state index in [-0.39, 0.29) is 0 Å². The molecule has 0 aliphatic carbocycles.